The van der Waals surface area contributed by atoms with Gasteiger partial charge in [-0.05, 0) is 30.2 Å². The van der Waals surface area contributed by atoms with Crippen molar-refractivity contribution in [3.05, 3.63) is 41.7 Å². The van der Waals surface area contributed by atoms with E-state index in [1.165, 1.54) is 32.1 Å². The number of carbonyl (C=O) groups excluding carboxylic acids is 2. The van der Waals surface area contributed by atoms with Crippen LogP contribution in [-0.2, 0) is 6.54 Å². The van der Waals surface area contributed by atoms with Crippen molar-refractivity contribution < 1.29 is 14.1 Å². The van der Waals surface area contributed by atoms with Crippen LogP contribution in [0.25, 0.3) is 10.9 Å². The van der Waals surface area contributed by atoms with Crippen LogP contribution in [0.2, 0.25) is 0 Å². The maximum atomic E-state index is 13.4. The largest absolute Gasteiger partial charge is 0.363 e. The van der Waals surface area contributed by atoms with Crippen LogP contribution >= 0.6 is 0 Å². The van der Waals surface area contributed by atoms with Gasteiger partial charge in [0.25, 0.3) is 17.6 Å². The minimum atomic E-state index is -0.786. The third-order valence-corrected chi connectivity index (χ3v) is 6.08. The molecule has 9 nitrogen and oxygen atoms in total. The Labute approximate surface area is 186 Å². The van der Waals surface area contributed by atoms with Crippen molar-refractivity contribution in [1.29, 1.82) is 0 Å². The first kappa shape index (κ1) is 22.0. The maximum absolute atomic E-state index is 13.4. The summed E-state index contributed by atoms with van der Waals surface area (Å²) in [6.07, 6.45) is 6.19. The lowest BCUT2D eigenvalue weighted by atomic mass is 9.86. The zero-order chi connectivity index (χ0) is 22.9. The van der Waals surface area contributed by atoms with E-state index in [1.807, 2.05) is 49.7 Å². The number of hydrogen-bond acceptors (Lipinski definition) is 6. The number of aromatic nitrogens is 4. The van der Waals surface area contributed by atoms with E-state index in [-0.39, 0.29) is 17.6 Å². The fourth-order valence-corrected chi connectivity index (χ4v) is 4.35. The molecule has 2 amide bonds. The minimum absolute atomic E-state index is 0.130. The van der Waals surface area contributed by atoms with Crippen molar-refractivity contribution in [3.8, 4) is 0 Å². The fraction of sp³-hybridized carbons (Fsp3) is 0.522. The van der Waals surface area contributed by atoms with Crippen LogP contribution in [-0.4, -0.2) is 31.7 Å². The highest BCUT2D eigenvalue weighted by atomic mass is 16.5. The van der Waals surface area contributed by atoms with E-state index in [1.54, 1.807) is 0 Å². The SMILES string of the molecule is CC(C)(C)C(NC(=O)c1nn(CC2CCCCC2)c2ccccc12)c1nc(C(N)=O)no1. The number of nitrogens with one attached hydrogen (secondary N) is 1. The third-order valence-electron chi connectivity index (χ3n) is 6.08. The van der Waals surface area contributed by atoms with Gasteiger partial charge in [-0.25, -0.2) is 0 Å². The molecule has 0 aliphatic heterocycles. The number of nitrogens with zero attached hydrogens (tertiary/aromatic N) is 4. The van der Waals surface area contributed by atoms with Gasteiger partial charge in [0.15, 0.2) is 5.69 Å². The lowest BCUT2D eigenvalue weighted by Crippen LogP contribution is -2.37. The molecule has 1 saturated carbocycles. The van der Waals surface area contributed by atoms with E-state index in [4.69, 9.17) is 15.4 Å². The minimum Gasteiger partial charge on any atom is -0.363 e. The summed E-state index contributed by atoms with van der Waals surface area (Å²) in [7, 11) is 0. The number of nitrogens with two attached hydrogens (primary N) is 1. The molecule has 2 aromatic heterocycles. The van der Waals surface area contributed by atoms with E-state index < -0.39 is 17.4 Å². The molecule has 1 atom stereocenters. The van der Waals surface area contributed by atoms with E-state index in [0.29, 0.717) is 11.6 Å². The number of hydrogen-bond donors (Lipinski definition) is 2. The summed E-state index contributed by atoms with van der Waals surface area (Å²) in [4.78, 5) is 28.8. The number of para-hydroxylation sites is 1. The summed E-state index contributed by atoms with van der Waals surface area (Å²) >= 11 is 0. The lowest BCUT2D eigenvalue weighted by Gasteiger charge is -2.28. The van der Waals surface area contributed by atoms with Crippen LogP contribution in [0.4, 0.5) is 0 Å². The molecule has 1 unspecified atom stereocenters. The number of rotatable bonds is 6. The van der Waals surface area contributed by atoms with Gasteiger partial charge in [-0.1, -0.05) is 63.4 Å². The van der Waals surface area contributed by atoms with Gasteiger partial charge >= 0.3 is 0 Å². The second kappa shape index (κ2) is 8.72. The topological polar surface area (TPSA) is 129 Å². The number of carbonyl (C=O) groups is 2. The zero-order valence-corrected chi connectivity index (χ0v) is 18.8. The Balaban J connectivity index is 1.63. The van der Waals surface area contributed by atoms with Crippen LogP contribution in [0.1, 0.15) is 85.9 Å². The fourth-order valence-electron chi connectivity index (χ4n) is 4.35. The highest BCUT2D eigenvalue weighted by molar-refractivity contribution is 6.05. The van der Waals surface area contributed by atoms with Crippen LogP contribution < -0.4 is 11.1 Å². The van der Waals surface area contributed by atoms with Gasteiger partial charge < -0.3 is 15.6 Å². The first-order valence-electron chi connectivity index (χ1n) is 11.1. The second-order valence-corrected chi connectivity index (χ2v) is 9.64. The number of primary amides is 1. The number of amides is 2. The molecule has 0 spiro atoms. The highest BCUT2D eigenvalue weighted by Gasteiger charge is 2.34. The predicted octanol–water partition coefficient (Wildman–Crippen LogP) is 3.62. The summed E-state index contributed by atoms with van der Waals surface area (Å²) < 4.78 is 7.20. The van der Waals surface area contributed by atoms with Crippen LogP contribution in [0.3, 0.4) is 0 Å². The Morgan fingerprint density at radius 3 is 2.59 bits per heavy atom. The molecule has 0 saturated heterocycles. The Morgan fingerprint density at radius 1 is 1.22 bits per heavy atom. The van der Waals surface area contributed by atoms with Crippen LogP contribution in [0.15, 0.2) is 28.8 Å². The molecule has 0 bridgehead atoms. The van der Waals surface area contributed by atoms with Gasteiger partial charge in [0.05, 0.1) is 5.52 Å². The van der Waals surface area contributed by atoms with Gasteiger partial charge in [-0.15, -0.1) is 0 Å². The molecular formula is C23H30N6O3. The third kappa shape index (κ3) is 4.51. The summed E-state index contributed by atoms with van der Waals surface area (Å²) in [5.74, 6) is -0.624. The van der Waals surface area contributed by atoms with E-state index >= 15 is 0 Å². The van der Waals surface area contributed by atoms with Crippen molar-refractivity contribution >= 4 is 22.7 Å². The van der Waals surface area contributed by atoms with Crippen molar-refractivity contribution in [2.45, 2.75) is 65.5 Å². The van der Waals surface area contributed by atoms with Gasteiger partial charge in [0.1, 0.15) is 6.04 Å². The molecule has 4 rings (SSSR count). The molecule has 1 aromatic carbocycles. The second-order valence-electron chi connectivity index (χ2n) is 9.64. The quantitative estimate of drug-likeness (QED) is 0.605. The van der Waals surface area contributed by atoms with Crippen molar-refractivity contribution in [3.63, 3.8) is 0 Å². The van der Waals surface area contributed by atoms with Gasteiger partial charge in [-0.2, -0.15) is 10.1 Å². The summed E-state index contributed by atoms with van der Waals surface area (Å²) in [5, 5.41) is 12.1. The van der Waals surface area contributed by atoms with Crippen LogP contribution in [0.5, 0.6) is 0 Å². The molecule has 1 fully saturated rings. The molecule has 3 N–H and O–H groups in total. The first-order chi connectivity index (χ1) is 15.2. The number of benzene rings is 1. The normalized spacial score (nSPS) is 16.2. The number of fused-ring (bicyclic) bond motifs is 1. The Kier molecular flexibility index (Phi) is 5.99. The zero-order valence-electron chi connectivity index (χ0n) is 18.8. The van der Waals surface area contributed by atoms with Gasteiger partial charge in [0, 0.05) is 11.9 Å². The molecular weight excluding hydrogens is 408 g/mol. The Morgan fingerprint density at radius 2 is 1.94 bits per heavy atom. The molecule has 1 aliphatic carbocycles. The Bertz CT molecular complexity index is 1120. The smallest absolute Gasteiger partial charge is 0.290 e. The maximum Gasteiger partial charge on any atom is 0.290 e. The van der Waals surface area contributed by atoms with Crippen molar-refractivity contribution in [2.24, 2.45) is 17.1 Å². The van der Waals surface area contributed by atoms with Crippen molar-refractivity contribution in [2.75, 3.05) is 0 Å². The van der Waals surface area contributed by atoms with Gasteiger partial charge in [-0.3, -0.25) is 14.3 Å². The average molecular weight is 439 g/mol. The molecule has 2 heterocycles. The average Bonchev–Trinajstić information content (AvgIpc) is 3.38. The molecule has 9 heteroatoms. The van der Waals surface area contributed by atoms with Gasteiger partial charge in [0.2, 0.25) is 5.89 Å². The van der Waals surface area contributed by atoms with E-state index in [9.17, 15) is 9.59 Å². The molecule has 0 radical (unpaired) electrons. The summed E-state index contributed by atoms with van der Waals surface area (Å²) in [6, 6.07) is 7.16. The van der Waals surface area contributed by atoms with Crippen molar-refractivity contribution in [1.82, 2.24) is 25.2 Å². The van der Waals surface area contributed by atoms with E-state index in [2.05, 4.69) is 15.5 Å². The monoisotopic (exact) mass is 438 g/mol. The van der Waals surface area contributed by atoms with E-state index in [0.717, 1.165) is 17.4 Å². The Hall–Kier alpha value is -3.23. The summed E-state index contributed by atoms with van der Waals surface area (Å²) in [5.41, 5.74) is 6.10. The standard InChI is InChI=1S/C23H30N6O3/c1-23(2,3)18(22-26-20(19(24)30)28-32-22)25-21(31)17-15-11-7-8-12-16(15)29(27-17)13-14-9-5-4-6-10-14/h7-8,11-12,14,18H,4-6,9-10,13H2,1-3H3,(H2,24,30)(H,25,31). The molecule has 170 valence electrons. The molecule has 1 aliphatic rings. The first-order valence-corrected chi connectivity index (χ1v) is 11.1. The van der Waals surface area contributed by atoms with Crippen LogP contribution in [0, 0.1) is 11.3 Å². The lowest BCUT2D eigenvalue weighted by molar-refractivity contribution is 0.0875. The summed E-state index contributed by atoms with van der Waals surface area (Å²) in [6.45, 7) is 6.62. The molecule has 3 aromatic rings. The highest BCUT2D eigenvalue weighted by Crippen LogP contribution is 2.33. The predicted molar refractivity (Wildman–Crippen MR) is 119 cm³/mol. The molecule has 32 heavy (non-hydrogen) atoms.